The minimum Gasteiger partial charge on any atom is -0.365 e. The Hall–Kier alpha value is -1.52. The third-order valence-electron chi connectivity index (χ3n) is 3.64. The van der Waals surface area contributed by atoms with Gasteiger partial charge in [0, 0.05) is 42.1 Å². The molecule has 5 heteroatoms. The third kappa shape index (κ3) is 2.67. The van der Waals surface area contributed by atoms with E-state index in [2.05, 4.69) is 21.3 Å². The highest BCUT2D eigenvalue weighted by Crippen LogP contribution is 2.22. The van der Waals surface area contributed by atoms with Gasteiger partial charge in [-0.3, -0.25) is 0 Å². The molecule has 0 bridgehead atoms. The van der Waals surface area contributed by atoms with E-state index in [1.807, 2.05) is 31.3 Å². The summed E-state index contributed by atoms with van der Waals surface area (Å²) in [5, 5.41) is 4.83. The van der Waals surface area contributed by atoms with E-state index in [0.717, 1.165) is 40.9 Å². The average Bonchev–Trinajstić information content (AvgIpc) is 2.89. The summed E-state index contributed by atoms with van der Waals surface area (Å²) < 4.78 is 0. The van der Waals surface area contributed by atoms with Crippen molar-refractivity contribution in [3.8, 4) is 0 Å². The number of rotatable bonds is 1. The first kappa shape index (κ1) is 13.5. The van der Waals surface area contributed by atoms with E-state index in [9.17, 15) is 0 Å². The number of fused-ring (bicyclic) bond motifs is 1. The van der Waals surface area contributed by atoms with Crippen LogP contribution >= 0.6 is 23.8 Å². The van der Waals surface area contributed by atoms with Gasteiger partial charge in [-0.15, -0.1) is 0 Å². The monoisotopic (exact) mass is 305 g/mol. The third-order valence-corrected chi connectivity index (χ3v) is 4.24. The summed E-state index contributed by atoms with van der Waals surface area (Å²) in [4.78, 5) is 5.47. The summed E-state index contributed by atoms with van der Waals surface area (Å²) in [6.07, 6.45) is 3.00. The summed E-state index contributed by atoms with van der Waals surface area (Å²) in [5.74, 6) is 0. The number of hydrogen-bond acceptors (Lipinski definition) is 1. The Balaban J connectivity index is 1.71. The zero-order valence-electron chi connectivity index (χ0n) is 11.2. The largest absolute Gasteiger partial charge is 0.365 e. The first-order valence-corrected chi connectivity index (χ1v) is 7.39. The molecule has 20 heavy (non-hydrogen) atoms. The normalized spacial score (nSPS) is 14.0. The van der Waals surface area contributed by atoms with Crippen LogP contribution in [-0.2, 0) is 13.0 Å². The van der Waals surface area contributed by atoms with Crippen molar-refractivity contribution in [2.24, 2.45) is 0 Å². The summed E-state index contributed by atoms with van der Waals surface area (Å²) >= 11 is 11.5. The van der Waals surface area contributed by atoms with Gasteiger partial charge in [0.1, 0.15) is 0 Å². The van der Waals surface area contributed by atoms with Crippen molar-refractivity contribution >= 4 is 34.6 Å². The topological polar surface area (TPSA) is 31.1 Å². The second-order valence-corrected chi connectivity index (χ2v) is 5.87. The van der Waals surface area contributed by atoms with E-state index in [0.29, 0.717) is 0 Å². The first-order chi connectivity index (χ1) is 9.63. The molecule has 1 aliphatic rings. The number of halogens is 1. The van der Waals surface area contributed by atoms with Gasteiger partial charge in [0.05, 0.1) is 0 Å². The molecule has 0 saturated carbocycles. The summed E-state index contributed by atoms with van der Waals surface area (Å²) in [6, 6.07) is 7.90. The Morgan fingerprint density at radius 1 is 1.40 bits per heavy atom. The number of aryl methyl sites for hydroxylation is 1. The van der Waals surface area contributed by atoms with E-state index in [1.165, 1.54) is 11.3 Å². The lowest BCUT2D eigenvalue weighted by Gasteiger charge is -2.30. The Morgan fingerprint density at radius 3 is 3.05 bits per heavy atom. The highest BCUT2D eigenvalue weighted by molar-refractivity contribution is 7.80. The average molecular weight is 306 g/mol. The van der Waals surface area contributed by atoms with Crippen LogP contribution in [0.2, 0.25) is 5.02 Å². The molecule has 0 aliphatic carbocycles. The Bertz CT molecular complexity index is 650. The Morgan fingerprint density at radius 2 is 2.25 bits per heavy atom. The molecule has 2 heterocycles. The number of nitrogens with zero attached hydrogens (tertiary/aromatic N) is 1. The molecule has 0 saturated heterocycles. The lowest BCUT2D eigenvalue weighted by Crippen LogP contribution is -2.38. The molecule has 0 spiro atoms. The van der Waals surface area contributed by atoms with E-state index in [-0.39, 0.29) is 0 Å². The van der Waals surface area contributed by atoms with Crippen molar-refractivity contribution in [1.29, 1.82) is 0 Å². The maximum absolute atomic E-state index is 5.97. The number of nitrogens with one attached hydrogen (secondary N) is 2. The van der Waals surface area contributed by atoms with Gasteiger partial charge >= 0.3 is 0 Å². The molecule has 0 unspecified atom stereocenters. The molecule has 3 nitrogen and oxygen atoms in total. The van der Waals surface area contributed by atoms with E-state index < -0.39 is 0 Å². The van der Waals surface area contributed by atoms with Crippen LogP contribution in [0.15, 0.2) is 30.5 Å². The zero-order valence-corrected chi connectivity index (χ0v) is 12.8. The number of aromatic amines is 1. The summed E-state index contributed by atoms with van der Waals surface area (Å²) in [6.45, 7) is 3.82. The van der Waals surface area contributed by atoms with Crippen molar-refractivity contribution < 1.29 is 0 Å². The molecule has 0 fully saturated rings. The number of anilines is 1. The zero-order chi connectivity index (χ0) is 14.1. The number of thiocarbonyl (C=S) groups is 1. The Kier molecular flexibility index (Phi) is 3.68. The second-order valence-electron chi connectivity index (χ2n) is 5.04. The minimum absolute atomic E-state index is 0.744. The second kappa shape index (κ2) is 5.46. The van der Waals surface area contributed by atoms with Gasteiger partial charge < -0.3 is 15.2 Å². The van der Waals surface area contributed by atoms with Crippen LogP contribution in [0.3, 0.4) is 0 Å². The van der Waals surface area contributed by atoms with Crippen LogP contribution in [-0.4, -0.2) is 21.5 Å². The van der Waals surface area contributed by atoms with Crippen LogP contribution in [0.1, 0.15) is 16.8 Å². The van der Waals surface area contributed by atoms with Gasteiger partial charge in [-0.25, -0.2) is 0 Å². The molecule has 104 valence electrons. The predicted molar refractivity (Wildman–Crippen MR) is 87.3 cm³/mol. The molecule has 2 N–H and O–H groups in total. The van der Waals surface area contributed by atoms with Crippen molar-refractivity contribution in [2.45, 2.75) is 19.9 Å². The fraction of sp³-hybridized carbons (Fsp3) is 0.267. The van der Waals surface area contributed by atoms with Crippen LogP contribution in [0, 0.1) is 6.92 Å². The quantitative estimate of drug-likeness (QED) is 0.787. The van der Waals surface area contributed by atoms with Gasteiger partial charge in [0.2, 0.25) is 0 Å². The van der Waals surface area contributed by atoms with Crippen LogP contribution in [0.25, 0.3) is 0 Å². The number of H-pyrrole nitrogens is 1. The predicted octanol–water partition coefficient (Wildman–Crippen LogP) is 3.73. The van der Waals surface area contributed by atoms with E-state index in [4.69, 9.17) is 23.8 Å². The van der Waals surface area contributed by atoms with Gasteiger partial charge in [0.25, 0.3) is 0 Å². The van der Waals surface area contributed by atoms with E-state index in [1.54, 1.807) is 0 Å². The molecule has 0 radical (unpaired) electrons. The molecular formula is C15H16ClN3S. The highest BCUT2D eigenvalue weighted by atomic mass is 35.5. The van der Waals surface area contributed by atoms with Gasteiger partial charge in [-0.2, -0.15) is 0 Å². The number of hydrogen-bond donors (Lipinski definition) is 2. The molecule has 1 aromatic carbocycles. The van der Waals surface area contributed by atoms with Crippen LogP contribution < -0.4 is 5.32 Å². The standard InChI is InChI=1S/C15H16ClN3S/c1-10-8-12(16)2-3-13(10)18-15(20)19-7-5-14-11(9-19)4-6-17-14/h2-4,6,8,17H,5,7,9H2,1H3,(H,18,20). The molecule has 1 aliphatic heterocycles. The van der Waals surface area contributed by atoms with Gasteiger partial charge in [0.15, 0.2) is 5.11 Å². The van der Waals surface area contributed by atoms with Crippen molar-refractivity contribution in [3.05, 3.63) is 52.3 Å². The summed E-state index contributed by atoms with van der Waals surface area (Å²) in [5.41, 5.74) is 4.76. The number of benzene rings is 1. The molecular weight excluding hydrogens is 290 g/mol. The minimum atomic E-state index is 0.744. The Labute approximate surface area is 128 Å². The lowest BCUT2D eigenvalue weighted by molar-refractivity contribution is 0.398. The molecule has 2 aromatic rings. The molecule has 0 amide bonds. The first-order valence-electron chi connectivity index (χ1n) is 6.60. The number of aromatic nitrogens is 1. The van der Waals surface area contributed by atoms with Crippen LogP contribution in [0.4, 0.5) is 5.69 Å². The molecule has 1 aromatic heterocycles. The maximum Gasteiger partial charge on any atom is 0.173 e. The lowest BCUT2D eigenvalue weighted by atomic mass is 10.1. The highest BCUT2D eigenvalue weighted by Gasteiger charge is 2.19. The van der Waals surface area contributed by atoms with E-state index >= 15 is 0 Å². The van der Waals surface area contributed by atoms with Crippen molar-refractivity contribution in [3.63, 3.8) is 0 Å². The van der Waals surface area contributed by atoms with Crippen molar-refractivity contribution in [1.82, 2.24) is 9.88 Å². The molecule has 0 atom stereocenters. The fourth-order valence-corrected chi connectivity index (χ4v) is 2.98. The maximum atomic E-state index is 5.97. The fourth-order valence-electron chi connectivity index (χ4n) is 2.48. The summed E-state index contributed by atoms with van der Waals surface area (Å²) in [7, 11) is 0. The van der Waals surface area contributed by atoms with Gasteiger partial charge in [-0.1, -0.05) is 11.6 Å². The molecule has 3 rings (SSSR count). The van der Waals surface area contributed by atoms with Gasteiger partial charge in [-0.05, 0) is 54.5 Å². The van der Waals surface area contributed by atoms with Crippen LogP contribution in [0.5, 0.6) is 0 Å². The SMILES string of the molecule is Cc1cc(Cl)ccc1NC(=S)N1CCc2[nH]ccc2C1. The van der Waals surface area contributed by atoms with Crippen molar-refractivity contribution in [2.75, 3.05) is 11.9 Å². The smallest absolute Gasteiger partial charge is 0.173 e.